The topological polar surface area (TPSA) is 63.6 Å². The minimum atomic E-state index is -0.638. The molecule has 3 rings (SSSR count). The molecule has 0 radical (unpaired) electrons. The third-order valence-electron chi connectivity index (χ3n) is 7.45. The van der Waals surface area contributed by atoms with Crippen LogP contribution in [0.5, 0.6) is 0 Å². The van der Waals surface area contributed by atoms with Crippen molar-refractivity contribution < 1.29 is 19.4 Å². The molecule has 4 heteroatoms. The maximum absolute atomic E-state index is 12.5. The van der Waals surface area contributed by atoms with Crippen molar-refractivity contribution in [1.29, 1.82) is 0 Å². The molecule has 144 valence electrons. The van der Waals surface area contributed by atoms with Crippen LogP contribution in [0.2, 0.25) is 0 Å². The van der Waals surface area contributed by atoms with Gasteiger partial charge >= 0.3 is 11.9 Å². The monoisotopic (exact) mass is 360 g/mol. The van der Waals surface area contributed by atoms with E-state index in [-0.39, 0.29) is 29.1 Å². The Labute approximate surface area is 156 Å². The van der Waals surface area contributed by atoms with Gasteiger partial charge in [0.1, 0.15) is 0 Å². The second-order valence-corrected chi connectivity index (χ2v) is 9.06. The first-order valence-electron chi connectivity index (χ1n) is 9.95. The lowest BCUT2D eigenvalue weighted by molar-refractivity contribution is -0.170. The van der Waals surface area contributed by atoms with Gasteiger partial charge in [-0.15, -0.1) is 0 Å². The predicted octanol–water partition coefficient (Wildman–Crippen LogP) is 4.61. The van der Waals surface area contributed by atoms with E-state index in [0.29, 0.717) is 18.9 Å². The van der Waals surface area contributed by atoms with E-state index in [0.717, 1.165) is 25.7 Å². The first-order valence-corrected chi connectivity index (χ1v) is 9.95. The average molecular weight is 360 g/mol. The zero-order valence-electron chi connectivity index (χ0n) is 16.5. The Hall–Kier alpha value is -1.58. The number of esters is 1. The number of carbonyl (C=O) groups excluding carboxylic acids is 1. The van der Waals surface area contributed by atoms with E-state index in [4.69, 9.17) is 4.74 Å². The Bertz CT molecular complexity index is 647. The van der Waals surface area contributed by atoms with Gasteiger partial charge in [0, 0.05) is 12.3 Å². The molecule has 26 heavy (non-hydrogen) atoms. The van der Waals surface area contributed by atoms with Crippen LogP contribution < -0.4 is 0 Å². The number of aliphatic carboxylic acids is 1. The number of carboxylic acid groups (broad SMARTS) is 1. The third kappa shape index (κ3) is 2.91. The van der Waals surface area contributed by atoms with E-state index in [9.17, 15) is 14.7 Å². The van der Waals surface area contributed by atoms with Crippen LogP contribution in [0.1, 0.15) is 59.8 Å². The summed E-state index contributed by atoms with van der Waals surface area (Å²) in [4.78, 5) is 24.0. The fourth-order valence-corrected chi connectivity index (χ4v) is 6.16. The lowest BCUT2D eigenvalue weighted by atomic mass is 9.50. The third-order valence-corrected chi connectivity index (χ3v) is 7.45. The summed E-state index contributed by atoms with van der Waals surface area (Å²) in [6.45, 7) is 8.25. The van der Waals surface area contributed by atoms with E-state index in [1.165, 1.54) is 12.5 Å². The first kappa shape index (κ1) is 19.2. The maximum Gasteiger partial charge on any atom is 0.310 e. The van der Waals surface area contributed by atoms with Gasteiger partial charge in [-0.3, -0.25) is 9.59 Å². The van der Waals surface area contributed by atoms with Crippen molar-refractivity contribution in [1.82, 2.24) is 0 Å². The Morgan fingerprint density at radius 2 is 2.04 bits per heavy atom. The van der Waals surface area contributed by atoms with Crippen molar-refractivity contribution in [3.63, 3.8) is 0 Å². The molecule has 0 heterocycles. The number of fused-ring (bicyclic) bond motifs is 3. The van der Waals surface area contributed by atoms with Crippen LogP contribution in [0.25, 0.3) is 0 Å². The van der Waals surface area contributed by atoms with Crippen LogP contribution in [-0.4, -0.2) is 23.7 Å². The van der Waals surface area contributed by atoms with Crippen molar-refractivity contribution >= 4 is 11.9 Å². The largest absolute Gasteiger partial charge is 0.481 e. The molecule has 0 aliphatic heterocycles. The van der Waals surface area contributed by atoms with Crippen molar-refractivity contribution in [2.45, 2.75) is 59.8 Å². The molecule has 0 aromatic heterocycles. The van der Waals surface area contributed by atoms with E-state index >= 15 is 0 Å². The summed E-state index contributed by atoms with van der Waals surface area (Å²) in [6.07, 6.45) is 10.9. The second-order valence-electron chi connectivity index (χ2n) is 9.06. The lowest BCUT2D eigenvalue weighted by Gasteiger charge is -2.53. The van der Waals surface area contributed by atoms with Crippen molar-refractivity contribution in [3.8, 4) is 0 Å². The molecular formula is C22H32O4. The second kappa shape index (κ2) is 6.86. The molecule has 2 fully saturated rings. The van der Waals surface area contributed by atoms with Crippen LogP contribution in [0, 0.1) is 34.5 Å². The molecule has 0 unspecified atom stereocenters. The molecule has 4 nitrogen and oxygen atoms in total. The average Bonchev–Trinajstić information content (AvgIpc) is 2.89. The van der Waals surface area contributed by atoms with Gasteiger partial charge in [-0.2, -0.15) is 0 Å². The predicted molar refractivity (Wildman–Crippen MR) is 100 cm³/mol. The van der Waals surface area contributed by atoms with Crippen molar-refractivity contribution in [2.75, 3.05) is 6.61 Å². The summed E-state index contributed by atoms with van der Waals surface area (Å²) >= 11 is 0. The van der Waals surface area contributed by atoms with Gasteiger partial charge in [0.2, 0.25) is 0 Å². The van der Waals surface area contributed by atoms with Crippen LogP contribution in [0.15, 0.2) is 23.8 Å². The van der Waals surface area contributed by atoms with E-state index in [1.54, 1.807) is 0 Å². The van der Waals surface area contributed by atoms with E-state index in [1.807, 2.05) is 0 Å². The van der Waals surface area contributed by atoms with Gasteiger partial charge in [0.25, 0.3) is 0 Å². The van der Waals surface area contributed by atoms with Gasteiger partial charge in [-0.05, 0) is 62.7 Å². The number of hydrogen-bond donors (Lipinski definition) is 1. The Morgan fingerprint density at radius 3 is 2.65 bits per heavy atom. The summed E-state index contributed by atoms with van der Waals surface area (Å²) in [5, 5.41) is 10.3. The van der Waals surface area contributed by atoms with Gasteiger partial charge in [-0.25, -0.2) is 0 Å². The van der Waals surface area contributed by atoms with Gasteiger partial charge < -0.3 is 9.84 Å². The molecule has 0 bridgehead atoms. The minimum Gasteiger partial charge on any atom is -0.481 e. The smallest absolute Gasteiger partial charge is 0.310 e. The highest BCUT2D eigenvalue weighted by Crippen LogP contribution is 2.65. The molecule has 3 aliphatic rings. The molecule has 0 aromatic carbocycles. The quantitative estimate of drug-likeness (QED) is 0.744. The van der Waals surface area contributed by atoms with Crippen LogP contribution >= 0.6 is 0 Å². The number of hydrogen-bond acceptors (Lipinski definition) is 3. The SMILES string of the molecule is CC(=O)OC[C@]12CC=C(C)C=C[C@H]1[C@@H]1CC[C@H](C(C)C)[C@@]1(C(=O)O)CC2. The van der Waals surface area contributed by atoms with E-state index in [2.05, 4.69) is 39.0 Å². The highest BCUT2D eigenvalue weighted by atomic mass is 16.5. The minimum absolute atomic E-state index is 0.118. The lowest BCUT2D eigenvalue weighted by Crippen LogP contribution is -2.54. The Morgan fingerprint density at radius 1 is 1.31 bits per heavy atom. The summed E-state index contributed by atoms with van der Waals surface area (Å²) in [5.74, 6) is -0.0266. The highest BCUT2D eigenvalue weighted by molar-refractivity contribution is 5.76. The van der Waals surface area contributed by atoms with Gasteiger partial charge in [-0.1, -0.05) is 37.6 Å². The summed E-state index contributed by atoms with van der Waals surface area (Å²) in [7, 11) is 0. The van der Waals surface area contributed by atoms with Crippen LogP contribution in [0.4, 0.5) is 0 Å². The molecular weight excluding hydrogens is 328 g/mol. The number of rotatable bonds is 4. The zero-order valence-corrected chi connectivity index (χ0v) is 16.5. The molecule has 0 amide bonds. The summed E-state index contributed by atoms with van der Waals surface area (Å²) in [6, 6.07) is 0. The van der Waals surface area contributed by atoms with Crippen molar-refractivity contribution in [2.24, 2.45) is 34.5 Å². The molecule has 0 spiro atoms. The molecule has 0 aromatic rings. The van der Waals surface area contributed by atoms with Crippen molar-refractivity contribution in [3.05, 3.63) is 23.8 Å². The van der Waals surface area contributed by atoms with Gasteiger partial charge in [0.05, 0.1) is 12.0 Å². The normalized spacial score (nSPS) is 39.0. The highest BCUT2D eigenvalue weighted by Gasteiger charge is 2.64. The fourth-order valence-electron chi connectivity index (χ4n) is 6.16. The molecule has 2 saturated carbocycles. The fraction of sp³-hybridized carbons (Fsp3) is 0.727. The van der Waals surface area contributed by atoms with E-state index < -0.39 is 11.4 Å². The Balaban J connectivity index is 2.03. The standard InChI is InChI=1S/C22H32O4/c1-14(2)17-7-8-19-18-6-5-15(3)9-10-21(18,13-26-16(4)23)11-12-22(17,19)20(24)25/h5-6,9,14,17-19H,7-8,10-13H2,1-4H3,(H,24,25)/t17-,18+,19+,21-,22+/m1/s1. The number of allylic oxidation sites excluding steroid dienone is 4. The number of carbonyl (C=O) groups is 2. The Kier molecular flexibility index (Phi) is 5.06. The molecule has 0 saturated heterocycles. The summed E-state index contributed by atoms with van der Waals surface area (Å²) in [5.41, 5.74) is 0.400. The van der Waals surface area contributed by atoms with Gasteiger partial charge in [0.15, 0.2) is 0 Å². The van der Waals surface area contributed by atoms with Crippen LogP contribution in [-0.2, 0) is 14.3 Å². The summed E-state index contributed by atoms with van der Waals surface area (Å²) < 4.78 is 5.50. The molecule has 1 N–H and O–H groups in total. The zero-order chi connectivity index (χ0) is 19.1. The number of carboxylic acids is 1. The maximum atomic E-state index is 12.5. The number of ether oxygens (including phenoxy) is 1. The van der Waals surface area contributed by atoms with Crippen LogP contribution in [0.3, 0.4) is 0 Å². The molecule has 3 aliphatic carbocycles. The molecule has 5 atom stereocenters. The first-order chi connectivity index (χ1) is 12.2.